The van der Waals surface area contributed by atoms with E-state index in [0.717, 1.165) is 42.7 Å². The first-order chi connectivity index (χ1) is 19.8. The van der Waals surface area contributed by atoms with Crippen LogP contribution in [-0.2, 0) is 6.54 Å². The predicted molar refractivity (Wildman–Crippen MR) is 156 cm³/mol. The van der Waals surface area contributed by atoms with Crippen molar-refractivity contribution in [2.45, 2.75) is 70.7 Å². The molecule has 10 heteroatoms. The highest BCUT2D eigenvalue weighted by molar-refractivity contribution is 5.99. The molecule has 1 saturated carbocycles. The fourth-order valence-electron chi connectivity index (χ4n) is 5.84. The van der Waals surface area contributed by atoms with Crippen LogP contribution in [0.4, 0.5) is 10.5 Å². The molecule has 2 aromatic carbocycles. The van der Waals surface area contributed by atoms with Crippen LogP contribution in [0.1, 0.15) is 61.9 Å². The van der Waals surface area contributed by atoms with E-state index in [-0.39, 0.29) is 49.4 Å². The number of likely N-dealkylation sites (N-methyl/N-ethyl adjacent to an activating group) is 1. The largest absolute Gasteiger partial charge is 0.488 e. The minimum Gasteiger partial charge on any atom is -0.488 e. The Morgan fingerprint density at radius 2 is 1.85 bits per heavy atom. The Kier molecular flexibility index (Phi) is 9.19. The van der Waals surface area contributed by atoms with E-state index in [1.165, 1.54) is 6.42 Å². The summed E-state index contributed by atoms with van der Waals surface area (Å²) in [6.07, 6.45) is 5.22. The van der Waals surface area contributed by atoms with Crippen molar-refractivity contribution in [2.24, 2.45) is 5.92 Å². The first-order valence-electron chi connectivity index (χ1n) is 14.7. The zero-order valence-corrected chi connectivity index (χ0v) is 24.2. The van der Waals surface area contributed by atoms with E-state index < -0.39 is 0 Å². The highest BCUT2D eigenvalue weighted by Crippen LogP contribution is 2.34. The minimum absolute atomic E-state index is 0.000577. The fraction of sp³-hybridized carbons (Fsp3) is 0.548. The second-order valence-electron chi connectivity index (χ2n) is 11.7. The summed E-state index contributed by atoms with van der Waals surface area (Å²) in [4.78, 5) is 30.3. The standard InChI is InChI=1S/C31H42N4O6/c1-20-15-35(21(2)18-36)30(37)25-14-24(33-31(38)32-23-7-5-4-6-8-23)10-12-26(25)41-29(20)17-34(3)16-22-9-11-27-28(13-22)40-19-39-27/h9-14,20-21,23,29,36H,4-8,15-19H2,1-3H3,(H2,32,33,38)/t20-,21+,29-/m1/s1. The second kappa shape index (κ2) is 13.0. The molecule has 5 rings (SSSR count). The summed E-state index contributed by atoms with van der Waals surface area (Å²) in [5, 5.41) is 15.9. The van der Waals surface area contributed by atoms with Gasteiger partial charge in [0.05, 0.1) is 18.2 Å². The Morgan fingerprint density at radius 3 is 2.63 bits per heavy atom. The van der Waals surface area contributed by atoms with Crippen molar-refractivity contribution >= 4 is 17.6 Å². The number of anilines is 1. The van der Waals surface area contributed by atoms with E-state index in [1.54, 1.807) is 23.1 Å². The predicted octanol–water partition coefficient (Wildman–Crippen LogP) is 4.22. The summed E-state index contributed by atoms with van der Waals surface area (Å²) < 4.78 is 17.5. The quantitative estimate of drug-likeness (QED) is 0.439. The number of hydrogen-bond donors (Lipinski definition) is 3. The van der Waals surface area contributed by atoms with Crippen molar-refractivity contribution in [3.8, 4) is 17.2 Å². The summed E-state index contributed by atoms with van der Waals surface area (Å²) in [5.41, 5.74) is 2.00. The maximum atomic E-state index is 13.7. The van der Waals surface area contributed by atoms with Crippen LogP contribution >= 0.6 is 0 Å². The summed E-state index contributed by atoms with van der Waals surface area (Å²) in [7, 11) is 2.04. The highest BCUT2D eigenvalue weighted by Gasteiger charge is 2.33. The lowest BCUT2D eigenvalue weighted by Gasteiger charge is -2.38. The average molecular weight is 567 g/mol. The van der Waals surface area contributed by atoms with Gasteiger partial charge in [-0.1, -0.05) is 32.3 Å². The van der Waals surface area contributed by atoms with Gasteiger partial charge in [-0.2, -0.15) is 0 Å². The highest BCUT2D eigenvalue weighted by atomic mass is 16.7. The molecule has 3 amide bonds. The molecule has 10 nitrogen and oxygen atoms in total. The van der Waals surface area contributed by atoms with E-state index in [2.05, 4.69) is 22.5 Å². The maximum Gasteiger partial charge on any atom is 0.319 e. The Bertz CT molecular complexity index is 1230. The first kappa shape index (κ1) is 29.0. The second-order valence-corrected chi connectivity index (χ2v) is 11.7. The number of fused-ring (bicyclic) bond motifs is 2. The van der Waals surface area contributed by atoms with Crippen molar-refractivity contribution in [1.29, 1.82) is 0 Å². The number of carbonyl (C=O) groups is 2. The molecule has 1 fully saturated rings. The van der Waals surface area contributed by atoms with Gasteiger partial charge < -0.3 is 34.9 Å². The molecule has 0 spiro atoms. The van der Waals surface area contributed by atoms with Crippen molar-refractivity contribution < 1.29 is 28.9 Å². The lowest BCUT2D eigenvalue weighted by Crippen LogP contribution is -2.49. The number of aliphatic hydroxyl groups excluding tert-OH is 1. The van der Waals surface area contributed by atoms with Gasteiger partial charge in [0, 0.05) is 37.3 Å². The molecule has 41 heavy (non-hydrogen) atoms. The van der Waals surface area contributed by atoms with Crippen LogP contribution in [0.5, 0.6) is 17.2 Å². The van der Waals surface area contributed by atoms with Crippen LogP contribution in [0.3, 0.4) is 0 Å². The summed E-state index contributed by atoms with van der Waals surface area (Å²) in [5.74, 6) is 1.75. The number of ether oxygens (including phenoxy) is 3. The zero-order valence-electron chi connectivity index (χ0n) is 24.2. The van der Waals surface area contributed by atoms with Crippen molar-refractivity contribution in [3.63, 3.8) is 0 Å². The number of nitrogens with one attached hydrogen (secondary N) is 2. The van der Waals surface area contributed by atoms with Gasteiger partial charge in [-0.3, -0.25) is 9.69 Å². The third kappa shape index (κ3) is 7.05. The monoisotopic (exact) mass is 566 g/mol. The number of benzene rings is 2. The molecule has 3 aliphatic rings. The van der Waals surface area contributed by atoms with Crippen molar-refractivity contribution in [2.75, 3.05) is 38.9 Å². The van der Waals surface area contributed by atoms with Gasteiger partial charge in [0.25, 0.3) is 5.91 Å². The molecule has 2 aromatic rings. The van der Waals surface area contributed by atoms with E-state index in [4.69, 9.17) is 14.2 Å². The smallest absolute Gasteiger partial charge is 0.319 e. The summed E-state index contributed by atoms with van der Waals surface area (Å²) in [6.45, 7) is 5.74. The molecule has 1 aliphatic carbocycles. The SMILES string of the molecule is C[C@@H]1CN([C@@H](C)CO)C(=O)c2cc(NC(=O)NC3CCCCC3)ccc2O[C@@H]1CN(C)Cc1ccc2c(c1)OCO2. The lowest BCUT2D eigenvalue weighted by atomic mass is 9.96. The van der Waals surface area contributed by atoms with E-state index in [9.17, 15) is 14.7 Å². The molecule has 3 N–H and O–H groups in total. The van der Waals surface area contributed by atoms with E-state index >= 15 is 0 Å². The molecule has 0 aromatic heterocycles. The maximum absolute atomic E-state index is 13.7. The molecule has 3 atom stereocenters. The normalized spacial score (nSPS) is 21.5. The van der Waals surface area contributed by atoms with E-state index in [0.29, 0.717) is 36.6 Å². The van der Waals surface area contributed by atoms with Gasteiger partial charge in [-0.05, 0) is 62.7 Å². The number of urea groups is 1. The fourth-order valence-corrected chi connectivity index (χ4v) is 5.84. The van der Waals surface area contributed by atoms with Crippen molar-refractivity contribution in [1.82, 2.24) is 15.1 Å². The van der Waals surface area contributed by atoms with Gasteiger partial charge in [0.1, 0.15) is 11.9 Å². The molecule has 0 bridgehead atoms. The third-order valence-corrected chi connectivity index (χ3v) is 8.24. The topological polar surface area (TPSA) is 113 Å². The van der Waals surface area contributed by atoms with Crippen LogP contribution in [0.2, 0.25) is 0 Å². The van der Waals surface area contributed by atoms with Gasteiger partial charge in [0.15, 0.2) is 11.5 Å². The number of amides is 3. The number of rotatable bonds is 8. The van der Waals surface area contributed by atoms with Gasteiger partial charge in [-0.25, -0.2) is 4.79 Å². The molecule has 2 aliphatic heterocycles. The van der Waals surface area contributed by atoms with Crippen LogP contribution in [0, 0.1) is 5.92 Å². The third-order valence-electron chi connectivity index (χ3n) is 8.24. The first-order valence-corrected chi connectivity index (χ1v) is 14.7. The van der Waals surface area contributed by atoms with Crippen molar-refractivity contribution in [3.05, 3.63) is 47.5 Å². The minimum atomic E-state index is -0.367. The van der Waals surface area contributed by atoms with Gasteiger partial charge in [-0.15, -0.1) is 0 Å². The van der Waals surface area contributed by atoms with Crippen LogP contribution in [0.25, 0.3) is 0 Å². The number of nitrogens with zero attached hydrogens (tertiary/aromatic N) is 2. The molecule has 222 valence electrons. The van der Waals surface area contributed by atoms with E-state index in [1.807, 2.05) is 32.2 Å². The molecular formula is C31H42N4O6. The number of hydrogen-bond acceptors (Lipinski definition) is 7. The molecular weight excluding hydrogens is 524 g/mol. The molecule has 2 heterocycles. The Balaban J connectivity index is 1.32. The van der Waals surface area contributed by atoms with Gasteiger partial charge >= 0.3 is 6.03 Å². The van der Waals surface area contributed by atoms with Crippen LogP contribution in [0.15, 0.2) is 36.4 Å². The van der Waals surface area contributed by atoms with Crippen LogP contribution < -0.4 is 24.8 Å². The molecule has 0 radical (unpaired) electrons. The number of carbonyl (C=O) groups excluding carboxylic acids is 2. The molecule has 0 unspecified atom stereocenters. The molecule has 0 saturated heterocycles. The lowest BCUT2D eigenvalue weighted by molar-refractivity contribution is 0.0341. The Morgan fingerprint density at radius 1 is 1.10 bits per heavy atom. The van der Waals surface area contributed by atoms with Crippen LogP contribution in [-0.4, -0.2) is 78.6 Å². The Hall–Kier alpha value is -3.50. The average Bonchev–Trinajstić information content (AvgIpc) is 3.43. The zero-order chi connectivity index (χ0) is 28.9. The summed E-state index contributed by atoms with van der Waals surface area (Å²) >= 11 is 0. The summed E-state index contributed by atoms with van der Waals surface area (Å²) in [6, 6.07) is 10.7. The van der Waals surface area contributed by atoms with Gasteiger partial charge in [0.2, 0.25) is 6.79 Å². The Labute approximate surface area is 241 Å². The number of aliphatic hydroxyl groups is 1.